The maximum atomic E-state index is 15.0. The van der Waals surface area contributed by atoms with E-state index in [4.69, 9.17) is 20.6 Å². The average molecular weight is 1180 g/mol. The number of anilines is 3. The van der Waals surface area contributed by atoms with Crippen LogP contribution >= 0.6 is 38.7 Å². The molecule has 3 aliphatic rings. The maximum absolute atomic E-state index is 15.0. The first-order chi connectivity index (χ1) is 37.5. The Morgan fingerprint density at radius 3 is 2.10 bits per heavy atom. The quantitative estimate of drug-likeness (QED) is 0.0514. The van der Waals surface area contributed by atoms with E-state index in [1.165, 1.54) is 28.6 Å². The number of piperazine rings is 1. The number of benzene rings is 5. The van der Waals surface area contributed by atoms with Crippen LogP contribution < -0.4 is 19.8 Å². The van der Waals surface area contributed by atoms with Crippen LogP contribution in [0.2, 0.25) is 5.02 Å². The number of carboxylic acid groups (broad SMARTS) is 1. The fourth-order valence-electron chi connectivity index (χ4n) is 11.0. The SMILES string of the molecule is Cc1c(C(=O)O)c(-c2cccc(N3CCN(c4ccc(N5CCO[P@@]5(=O)c5ccc(C[C@H](CCN6CCC(OP(=O)(O)O)CC6)CSc6ccccc6)c(S(=O)(=O)C(F)(F)F)c5)cc4)CC3)c2)c(-c2ccc(Cl)cc2)n1C(C)C. The number of hydrogen-bond donors (Lipinski definition) is 3. The standard InChI is InChI=1S/C56H63ClF3N5O10P2S2/c1-38(2)65-39(3)52(55(66)67)53(54(65)41-12-15-44(57)16-13-41)43-8-7-9-47(35-43)63-30-28-62(29-31-63)45-17-19-46(20-18-45)64-32-33-74-76(64,68)49-21-14-42(51(36-49)79(72,73)56(58,59)60)34-40(37-78-50-10-5-4-6-11-50)22-25-61-26-23-48(24-27-61)75-77(69,70)71/h4-21,35-36,38,40,48H,22-34,37H2,1-3H3,(H,66,67)(H2,69,70,71)/t40-,76-/m0/s1. The topological polar surface area (TPSA) is 182 Å². The van der Waals surface area contributed by atoms with Crippen molar-refractivity contribution in [1.82, 2.24) is 9.47 Å². The summed E-state index contributed by atoms with van der Waals surface area (Å²) in [5.74, 6) is -0.879. The number of sulfone groups is 1. The Kier molecular flexibility index (Phi) is 17.9. The van der Waals surface area contributed by atoms with Crippen molar-refractivity contribution in [1.29, 1.82) is 0 Å². The summed E-state index contributed by atoms with van der Waals surface area (Å²) in [6, 6.07) is 35.7. The van der Waals surface area contributed by atoms with E-state index >= 15 is 4.57 Å². The summed E-state index contributed by atoms with van der Waals surface area (Å²) in [5, 5.41) is 11.0. The van der Waals surface area contributed by atoms with Gasteiger partial charge in [-0.05, 0) is 148 Å². The molecule has 1 aromatic heterocycles. The lowest BCUT2D eigenvalue weighted by Crippen LogP contribution is -2.46. The molecular formula is C56H63ClF3N5O10P2S2. The lowest BCUT2D eigenvalue weighted by atomic mass is 9.96. The van der Waals surface area contributed by atoms with Gasteiger partial charge in [-0.1, -0.05) is 60.1 Å². The zero-order valence-electron chi connectivity index (χ0n) is 43.8. The van der Waals surface area contributed by atoms with Crippen LogP contribution in [-0.4, -0.2) is 115 Å². The number of alkyl halides is 3. The number of phosphoric ester groups is 1. The number of carboxylic acids is 1. The van der Waals surface area contributed by atoms with Crippen molar-refractivity contribution in [3.8, 4) is 22.4 Å². The third-order valence-electron chi connectivity index (χ3n) is 14.9. The number of thioether (sulfide) groups is 1. The van der Waals surface area contributed by atoms with Crippen molar-refractivity contribution in [3.63, 3.8) is 0 Å². The van der Waals surface area contributed by atoms with Crippen molar-refractivity contribution in [3.05, 3.63) is 143 Å². The minimum absolute atomic E-state index is 0.0179. The molecule has 0 radical (unpaired) electrons. The summed E-state index contributed by atoms with van der Waals surface area (Å²) in [7, 11) is -14.7. The Bertz CT molecular complexity index is 3350. The molecule has 0 spiro atoms. The van der Waals surface area contributed by atoms with Crippen molar-refractivity contribution in [2.24, 2.45) is 5.92 Å². The van der Waals surface area contributed by atoms with Crippen molar-refractivity contribution >= 4 is 76.9 Å². The van der Waals surface area contributed by atoms with E-state index in [1.807, 2.05) is 99.6 Å². The van der Waals surface area contributed by atoms with Gasteiger partial charge in [0.1, 0.15) is 0 Å². The van der Waals surface area contributed by atoms with Gasteiger partial charge in [-0.15, -0.1) is 11.8 Å². The molecule has 4 heterocycles. The molecule has 9 rings (SSSR count). The van der Waals surface area contributed by atoms with Gasteiger partial charge in [0.2, 0.25) is 0 Å². The minimum Gasteiger partial charge on any atom is -0.478 e. The molecule has 0 unspecified atom stereocenters. The molecule has 422 valence electrons. The number of rotatable bonds is 19. The van der Waals surface area contributed by atoms with E-state index in [1.54, 1.807) is 24.3 Å². The fraction of sp³-hybridized carbons (Fsp3) is 0.375. The van der Waals surface area contributed by atoms with Crippen LogP contribution in [0, 0.1) is 12.8 Å². The van der Waals surface area contributed by atoms with Crippen LogP contribution in [0.5, 0.6) is 0 Å². The highest BCUT2D eigenvalue weighted by atomic mass is 35.5. The first-order valence-electron chi connectivity index (χ1n) is 26.1. The molecule has 3 fully saturated rings. The summed E-state index contributed by atoms with van der Waals surface area (Å²) in [4.78, 5) is 38.0. The number of hydrogen-bond acceptors (Lipinski definition) is 11. The zero-order chi connectivity index (χ0) is 56.4. The number of piperidine rings is 1. The van der Waals surface area contributed by atoms with Crippen molar-refractivity contribution < 1.29 is 59.5 Å². The predicted molar refractivity (Wildman–Crippen MR) is 305 cm³/mol. The lowest BCUT2D eigenvalue weighted by Gasteiger charge is -2.37. The fourth-order valence-corrected chi connectivity index (χ4v) is 16.1. The molecule has 0 bridgehead atoms. The summed E-state index contributed by atoms with van der Waals surface area (Å²) >= 11 is 7.78. The number of nitrogens with zero attached hydrogens (tertiary/aromatic N) is 5. The molecule has 3 saturated heterocycles. The van der Waals surface area contributed by atoms with Gasteiger partial charge in [0.15, 0.2) is 0 Å². The highest BCUT2D eigenvalue weighted by Crippen LogP contribution is 2.56. The molecule has 79 heavy (non-hydrogen) atoms. The smallest absolute Gasteiger partial charge is 0.478 e. The Morgan fingerprint density at radius 1 is 0.835 bits per heavy atom. The number of likely N-dealkylation sites (tertiary alicyclic amines) is 1. The van der Waals surface area contributed by atoms with Crippen LogP contribution in [0.4, 0.5) is 30.2 Å². The molecule has 0 aliphatic carbocycles. The van der Waals surface area contributed by atoms with Crippen LogP contribution in [0.15, 0.2) is 131 Å². The molecule has 5 aromatic carbocycles. The zero-order valence-corrected chi connectivity index (χ0v) is 48.0. The minimum atomic E-state index is -5.94. The number of aromatic carboxylic acids is 1. The van der Waals surface area contributed by atoms with E-state index in [0.717, 1.165) is 39.2 Å². The van der Waals surface area contributed by atoms with E-state index in [0.29, 0.717) is 92.8 Å². The predicted octanol–water partition coefficient (Wildman–Crippen LogP) is 12.0. The molecular weight excluding hydrogens is 1120 g/mol. The second kappa shape index (κ2) is 24.2. The largest absolute Gasteiger partial charge is 0.501 e. The first kappa shape index (κ1) is 58.5. The van der Waals surface area contributed by atoms with E-state index in [2.05, 4.69) is 19.3 Å². The Labute approximate surface area is 467 Å². The summed E-state index contributed by atoms with van der Waals surface area (Å²) in [6.07, 6.45) is 0.595. The third kappa shape index (κ3) is 13.2. The van der Waals surface area contributed by atoms with E-state index in [9.17, 15) is 45.8 Å². The van der Waals surface area contributed by atoms with Crippen molar-refractivity contribution in [2.45, 2.75) is 73.9 Å². The molecule has 0 amide bonds. The lowest BCUT2D eigenvalue weighted by molar-refractivity contribution is -0.0436. The molecule has 23 heteroatoms. The second-order valence-electron chi connectivity index (χ2n) is 20.3. The van der Waals surface area contributed by atoms with Gasteiger partial charge in [-0.3, -0.25) is 13.8 Å². The van der Waals surface area contributed by atoms with Gasteiger partial charge in [-0.2, -0.15) is 13.2 Å². The summed E-state index contributed by atoms with van der Waals surface area (Å²) in [5.41, 5.74) is 0.558. The van der Waals surface area contributed by atoms with E-state index in [-0.39, 0.29) is 48.0 Å². The monoisotopic (exact) mass is 1180 g/mol. The van der Waals surface area contributed by atoms with Gasteiger partial charge in [0.05, 0.1) is 40.7 Å². The van der Waals surface area contributed by atoms with Crippen LogP contribution in [-0.2, 0) is 34.4 Å². The Hall–Kier alpha value is -5.11. The van der Waals surface area contributed by atoms with Gasteiger partial charge in [0.25, 0.3) is 9.84 Å². The average Bonchev–Trinajstić information content (AvgIpc) is 4.14. The third-order valence-corrected chi connectivity index (χ3v) is 21.0. The number of aromatic nitrogens is 1. The summed E-state index contributed by atoms with van der Waals surface area (Å²) < 4.78 is 112. The molecule has 15 nitrogen and oxygen atoms in total. The maximum Gasteiger partial charge on any atom is 0.501 e. The van der Waals surface area contributed by atoms with Crippen LogP contribution in [0.3, 0.4) is 0 Å². The molecule has 3 aliphatic heterocycles. The molecule has 6 aromatic rings. The van der Waals surface area contributed by atoms with Gasteiger partial charge in [-0.25, -0.2) is 17.8 Å². The molecule has 0 saturated carbocycles. The van der Waals surface area contributed by atoms with Crippen LogP contribution in [0.25, 0.3) is 22.4 Å². The highest BCUT2D eigenvalue weighted by Gasteiger charge is 2.49. The van der Waals surface area contributed by atoms with Gasteiger partial charge >= 0.3 is 26.8 Å². The Morgan fingerprint density at radius 2 is 1.48 bits per heavy atom. The van der Waals surface area contributed by atoms with Gasteiger partial charge in [0, 0.05) is 89.3 Å². The van der Waals surface area contributed by atoms with Crippen molar-refractivity contribution in [2.75, 3.05) is 79.2 Å². The highest BCUT2D eigenvalue weighted by molar-refractivity contribution is 7.99. The first-order valence-corrected chi connectivity index (χ1v) is 32.0. The summed E-state index contributed by atoms with van der Waals surface area (Å²) in [6.45, 7) is 10.1. The second-order valence-corrected chi connectivity index (χ2v) is 27.3. The van der Waals surface area contributed by atoms with E-state index < -0.39 is 47.7 Å². The number of phosphoric acid groups is 1. The normalized spacial score (nSPS) is 18.4. The van der Waals surface area contributed by atoms with Crippen LogP contribution in [0.1, 0.15) is 60.8 Å². The van der Waals surface area contributed by atoms with Gasteiger partial charge < -0.3 is 38.7 Å². The Balaban J connectivity index is 0.914. The number of carbonyl (C=O) groups is 1. The molecule has 3 N–H and O–H groups in total. The molecule has 2 atom stereocenters. The number of halogens is 4.